The number of thiocarbonyl (C=S) groups is 1. The summed E-state index contributed by atoms with van der Waals surface area (Å²) in [7, 11) is 0. The molecule has 0 atom stereocenters. The van der Waals surface area contributed by atoms with Crippen LogP contribution in [0.5, 0.6) is 0 Å². The highest BCUT2D eigenvalue weighted by atomic mass is 127. The minimum atomic E-state index is -2.17. The average Bonchev–Trinajstić information content (AvgIpc) is 2.87. The Morgan fingerprint density at radius 3 is 1.81 bits per heavy atom. The molecule has 0 saturated carbocycles. The molecule has 1 aliphatic rings. The van der Waals surface area contributed by atoms with Gasteiger partial charge >= 0.3 is 0 Å². The van der Waals surface area contributed by atoms with E-state index in [0.29, 0.717) is 24.3 Å². The van der Waals surface area contributed by atoms with Crippen molar-refractivity contribution in [3.8, 4) is 0 Å². The second-order valence-corrected chi connectivity index (χ2v) is 9.51. The third kappa shape index (κ3) is 5.53. The van der Waals surface area contributed by atoms with E-state index < -0.39 is 34.8 Å². The maximum atomic E-state index is 14.1. The summed E-state index contributed by atoms with van der Waals surface area (Å²) in [6, 6.07) is 14.1. The summed E-state index contributed by atoms with van der Waals surface area (Å²) in [5, 5.41) is 5.66. The first kappa shape index (κ1) is 26.1. The van der Waals surface area contributed by atoms with E-state index >= 15 is 0 Å². The molecule has 0 bridgehead atoms. The van der Waals surface area contributed by atoms with Gasteiger partial charge in [0.05, 0.1) is 0 Å². The molecule has 0 spiro atoms. The van der Waals surface area contributed by atoms with Crippen LogP contribution in [-0.4, -0.2) is 37.2 Å². The van der Waals surface area contributed by atoms with Gasteiger partial charge in [-0.3, -0.25) is 10.1 Å². The lowest BCUT2D eigenvalue weighted by Crippen LogP contribution is -2.47. The molecule has 1 heterocycles. The number of piperazine rings is 1. The highest BCUT2D eigenvalue weighted by Gasteiger charge is 2.30. The van der Waals surface area contributed by atoms with Gasteiger partial charge in [0.15, 0.2) is 28.4 Å². The van der Waals surface area contributed by atoms with Gasteiger partial charge < -0.3 is 15.1 Å². The minimum absolute atomic E-state index is 0.0625. The molecule has 4 rings (SSSR count). The first-order valence-corrected chi connectivity index (χ1v) is 12.1. The summed E-state index contributed by atoms with van der Waals surface area (Å²) in [5.41, 5.74) is 0.990. The van der Waals surface area contributed by atoms with Crippen LogP contribution >= 0.6 is 34.8 Å². The zero-order valence-corrected chi connectivity index (χ0v) is 21.4. The fraction of sp³-hybridized carbons (Fsp3) is 0.167. The molecule has 0 aliphatic carbocycles. The molecule has 1 fully saturated rings. The Hall–Kier alpha value is -3.00. The van der Waals surface area contributed by atoms with Crippen molar-refractivity contribution in [2.75, 3.05) is 41.3 Å². The van der Waals surface area contributed by atoms with E-state index in [1.165, 1.54) is 0 Å². The number of benzene rings is 3. The lowest BCUT2D eigenvalue weighted by molar-refractivity contribution is 0.0977. The molecular weight excluding hydrogens is 614 g/mol. The van der Waals surface area contributed by atoms with E-state index in [-0.39, 0.29) is 24.1 Å². The maximum absolute atomic E-state index is 14.1. The molecule has 1 amide bonds. The predicted molar refractivity (Wildman–Crippen MR) is 140 cm³/mol. The Morgan fingerprint density at radius 2 is 1.25 bits per heavy atom. The molecule has 12 heteroatoms. The molecule has 5 nitrogen and oxygen atoms in total. The van der Waals surface area contributed by atoms with E-state index in [1.54, 1.807) is 36.4 Å². The highest BCUT2D eigenvalue weighted by molar-refractivity contribution is 14.1. The van der Waals surface area contributed by atoms with Crippen molar-refractivity contribution in [3.05, 3.63) is 86.8 Å². The minimum Gasteiger partial charge on any atom is -0.368 e. The fourth-order valence-electron chi connectivity index (χ4n) is 3.75. The quantitative estimate of drug-likeness (QED) is 0.132. The summed E-state index contributed by atoms with van der Waals surface area (Å²) < 4.78 is 69.7. The van der Waals surface area contributed by atoms with Crippen molar-refractivity contribution in [3.63, 3.8) is 0 Å². The second kappa shape index (κ2) is 10.9. The Kier molecular flexibility index (Phi) is 7.93. The number of nitrogens with one attached hydrogen (secondary N) is 2. The lowest BCUT2D eigenvalue weighted by Gasteiger charge is -2.37. The predicted octanol–water partition coefficient (Wildman–Crippen LogP) is 5.44. The molecule has 3 aromatic rings. The molecule has 188 valence electrons. The molecule has 36 heavy (non-hydrogen) atoms. The smallest absolute Gasteiger partial charge is 0.257 e. The van der Waals surface area contributed by atoms with E-state index in [4.69, 9.17) is 12.2 Å². The number of carbonyl (C=O) groups is 1. The van der Waals surface area contributed by atoms with Crippen LogP contribution in [0.1, 0.15) is 10.4 Å². The Bertz CT molecular complexity index is 1270. The average molecular weight is 632 g/mol. The Labute approximate surface area is 222 Å². The molecule has 0 aromatic heterocycles. The van der Waals surface area contributed by atoms with Crippen molar-refractivity contribution < 1.29 is 26.7 Å². The van der Waals surface area contributed by atoms with Crippen LogP contribution in [0.15, 0.2) is 48.5 Å². The van der Waals surface area contributed by atoms with E-state index in [1.807, 2.05) is 17.0 Å². The summed E-state index contributed by atoms with van der Waals surface area (Å²) in [4.78, 5) is 15.4. The summed E-state index contributed by atoms with van der Waals surface area (Å²) in [6.07, 6.45) is 0. The van der Waals surface area contributed by atoms with Crippen LogP contribution < -0.4 is 20.4 Å². The zero-order valence-electron chi connectivity index (χ0n) is 18.4. The van der Waals surface area contributed by atoms with Gasteiger partial charge in [-0.2, -0.15) is 0 Å². The van der Waals surface area contributed by atoms with Crippen molar-refractivity contribution in [1.82, 2.24) is 5.32 Å². The van der Waals surface area contributed by atoms with Gasteiger partial charge in [0.1, 0.15) is 5.69 Å². The van der Waals surface area contributed by atoms with Crippen LogP contribution in [-0.2, 0) is 0 Å². The summed E-state index contributed by atoms with van der Waals surface area (Å²) in [6.45, 7) is 0.730. The lowest BCUT2D eigenvalue weighted by atomic mass is 10.2. The highest BCUT2D eigenvalue weighted by Crippen LogP contribution is 2.31. The monoisotopic (exact) mass is 632 g/mol. The van der Waals surface area contributed by atoms with E-state index in [9.17, 15) is 26.7 Å². The first-order valence-electron chi connectivity index (χ1n) is 10.6. The van der Waals surface area contributed by atoms with Gasteiger partial charge in [0, 0.05) is 46.7 Å². The number of carbonyl (C=O) groups excluding carboxylic acids is 1. The van der Waals surface area contributed by atoms with Gasteiger partial charge in [0.25, 0.3) is 5.91 Å². The third-order valence-electron chi connectivity index (χ3n) is 5.61. The topological polar surface area (TPSA) is 47.6 Å². The van der Waals surface area contributed by atoms with E-state index in [2.05, 4.69) is 33.2 Å². The SMILES string of the molecule is O=C(NC(=S)Nc1ccc(N2CCN(c3c(F)c(F)c(F)c(F)c3F)CC2)cc1)c1ccc(I)cc1. The third-order valence-corrected chi connectivity index (χ3v) is 6.53. The molecule has 3 aromatic carbocycles. The Morgan fingerprint density at radius 1 is 0.750 bits per heavy atom. The van der Waals surface area contributed by atoms with Crippen molar-refractivity contribution in [2.24, 2.45) is 0 Å². The van der Waals surface area contributed by atoms with E-state index in [0.717, 1.165) is 14.2 Å². The molecule has 1 aliphatic heterocycles. The number of halogens is 6. The number of amides is 1. The first-order chi connectivity index (χ1) is 17.2. The molecule has 0 unspecified atom stereocenters. The van der Waals surface area contributed by atoms with Crippen LogP contribution in [0, 0.1) is 32.7 Å². The number of hydrogen-bond acceptors (Lipinski definition) is 4. The van der Waals surface area contributed by atoms with Crippen LogP contribution in [0.4, 0.5) is 39.0 Å². The molecule has 0 radical (unpaired) electrons. The summed E-state index contributed by atoms with van der Waals surface area (Å²) in [5.74, 6) is -10.1. The van der Waals surface area contributed by atoms with Crippen molar-refractivity contribution in [1.29, 1.82) is 0 Å². The standard InChI is InChI=1S/C24H18F5IN4OS/c25-17-18(26)20(28)22(21(29)19(17)27)34-11-9-33(10-12-34)16-7-5-15(6-8-16)31-24(36)32-23(35)13-1-3-14(30)4-2-13/h1-8H,9-12H2,(H2,31,32,35,36). The second-order valence-electron chi connectivity index (χ2n) is 7.85. The Balaban J connectivity index is 1.34. The van der Waals surface area contributed by atoms with Crippen molar-refractivity contribution >= 4 is 62.9 Å². The maximum Gasteiger partial charge on any atom is 0.257 e. The van der Waals surface area contributed by atoms with Gasteiger partial charge in [-0.05, 0) is 83.3 Å². The van der Waals surface area contributed by atoms with Crippen LogP contribution in [0.2, 0.25) is 0 Å². The largest absolute Gasteiger partial charge is 0.368 e. The van der Waals surface area contributed by atoms with Crippen molar-refractivity contribution in [2.45, 2.75) is 0 Å². The van der Waals surface area contributed by atoms with Crippen LogP contribution in [0.3, 0.4) is 0 Å². The molecule has 1 saturated heterocycles. The molecular formula is C24H18F5IN4OS. The van der Waals surface area contributed by atoms with Gasteiger partial charge in [-0.15, -0.1) is 0 Å². The fourth-order valence-corrected chi connectivity index (χ4v) is 4.32. The normalized spacial score (nSPS) is 13.5. The number of rotatable bonds is 4. The number of nitrogens with zero attached hydrogens (tertiary/aromatic N) is 2. The van der Waals surface area contributed by atoms with Gasteiger partial charge in [0.2, 0.25) is 5.82 Å². The number of anilines is 3. The molecule has 2 N–H and O–H groups in total. The zero-order chi connectivity index (χ0) is 26.0. The van der Waals surface area contributed by atoms with Gasteiger partial charge in [-0.25, -0.2) is 22.0 Å². The number of hydrogen-bond donors (Lipinski definition) is 2. The van der Waals surface area contributed by atoms with Crippen LogP contribution in [0.25, 0.3) is 0 Å². The van der Waals surface area contributed by atoms with Gasteiger partial charge in [-0.1, -0.05) is 0 Å². The summed E-state index contributed by atoms with van der Waals surface area (Å²) >= 11 is 7.35.